The lowest BCUT2D eigenvalue weighted by Crippen LogP contribution is -2.57. The van der Waals surface area contributed by atoms with Crippen molar-refractivity contribution in [3.63, 3.8) is 0 Å². The van der Waals surface area contributed by atoms with Crippen molar-refractivity contribution < 1.29 is 9.59 Å². The molecule has 5 heteroatoms. The molecule has 0 bridgehead atoms. The number of hydrogen-bond donors (Lipinski definition) is 2. The van der Waals surface area contributed by atoms with Crippen LogP contribution in [-0.2, 0) is 22.6 Å². The molecule has 2 N–H and O–H groups in total. The monoisotopic (exact) mass is 331 g/mol. The summed E-state index contributed by atoms with van der Waals surface area (Å²) in [5.74, 6) is -0.156. The lowest BCUT2D eigenvalue weighted by Gasteiger charge is -2.37. The first-order valence-electron chi connectivity index (χ1n) is 8.57. The van der Waals surface area contributed by atoms with E-state index in [4.69, 9.17) is 0 Å². The lowest BCUT2D eigenvalue weighted by atomic mass is 9.85. The molecule has 0 unspecified atom stereocenters. The normalized spacial score (nSPS) is 17.0. The Morgan fingerprint density at radius 2 is 1.79 bits per heavy atom. The number of rotatable bonds is 4. The van der Waals surface area contributed by atoms with Crippen molar-refractivity contribution in [1.29, 1.82) is 0 Å². The molecular weight excluding hydrogens is 302 g/mol. The standard InChI is InChI=1S/C19H29N3O2/c1-13(20-5)17(23)21-16(19(2,3)4)18(24)22-11-10-14-8-6-7-9-15(14)12-22/h6-9,13,16,20H,10-12H2,1-5H3,(H,21,23)/t13-,16+/m0/s1. The molecule has 5 nitrogen and oxygen atoms in total. The number of hydrogen-bond acceptors (Lipinski definition) is 3. The van der Waals surface area contributed by atoms with E-state index in [9.17, 15) is 9.59 Å². The highest BCUT2D eigenvalue weighted by molar-refractivity contribution is 5.90. The van der Waals surface area contributed by atoms with Gasteiger partial charge in [-0.25, -0.2) is 0 Å². The van der Waals surface area contributed by atoms with Gasteiger partial charge in [0.15, 0.2) is 0 Å². The Bertz CT molecular complexity index is 607. The first-order valence-corrected chi connectivity index (χ1v) is 8.57. The van der Waals surface area contributed by atoms with Gasteiger partial charge in [-0.2, -0.15) is 0 Å². The smallest absolute Gasteiger partial charge is 0.246 e. The number of nitrogens with one attached hydrogen (secondary N) is 2. The van der Waals surface area contributed by atoms with Crippen molar-refractivity contribution in [2.75, 3.05) is 13.6 Å². The van der Waals surface area contributed by atoms with E-state index in [1.165, 1.54) is 11.1 Å². The number of amides is 2. The van der Waals surface area contributed by atoms with Gasteiger partial charge in [-0.3, -0.25) is 9.59 Å². The van der Waals surface area contributed by atoms with Crippen molar-refractivity contribution in [3.8, 4) is 0 Å². The van der Waals surface area contributed by atoms with Gasteiger partial charge in [0.2, 0.25) is 11.8 Å². The molecule has 1 aromatic carbocycles. The van der Waals surface area contributed by atoms with E-state index >= 15 is 0 Å². The summed E-state index contributed by atoms with van der Waals surface area (Å²) in [6.07, 6.45) is 0.861. The molecule has 0 aromatic heterocycles. The molecule has 1 aliphatic heterocycles. The number of carbonyl (C=O) groups excluding carboxylic acids is 2. The summed E-state index contributed by atoms with van der Waals surface area (Å²) in [7, 11) is 1.74. The predicted octanol–water partition coefficient (Wildman–Crippen LogP) is 1.71. The van der Waals surface area contributed by atoms with Crippen LogP contribution in [0.1, 0.15) is 38.8 Å². The SMILES string of the molecule is CN[C@@H](C)C(=O)N[C@H](C(=O)N1CCc2ccccc2C1)C(C)(C)C. The van der Waals surface area contributed by atoms with Crippen LogP contribution >= 0.6 is 0 Å². The van der Waals surface area contributed by atoms with Crippen molar-refractivity contribution in [2.24, 2.45) is 5.41 Å². The molecular formula is C19H29N3O2. The topological polar surface area (TPSA) is 61.4 Å². The van der Waals surface area contributed by atoms with Crippen LogP contribution in [-0.4, -0.2) is 42.4 Å². The van der Waals surface area contributed by atoms with Gasteiger partial charge in [-0.1, -0.05) is 45.0 Å². The van der Waals surface area contributed by atoms with Crippen LogP contribution in [0, 0.1) is 5.41 Å². The van der Waals surface area contributed by atoms with Gasteiger partial charge >= 0.3 is 0 Å². The van der Waals surface area contributed by atoms with Gasteiger partial charge in [-0.05, 0) is 36.9 Å². The zero-order chi connectivity index (χ0) is 17.9. The number of nitrogens with zero attached hydrogens (tertiary/aromatic N) is 1. The molecule has 1 aliphatic rings. The minimum Gasteiger partial charge on any atom is -0.342 e. The van der Waals surface area contributed by atoms with Crippen LogP contribution in [0.15, 0.2) is 24.3 Å². The zero-order valence-corrected chi connectivity index (χ0v) is 15.3. The summed E-state index contributed by atoms with van der Waals surface area (Å²) in [5, 5.41) is 5.85. The fraction of sp³-hybridized carbons (Fsp3) is 0.579. The van der Waals surface area contributed by atoms with Crippen molar-refractivity contribution >= 4 is 11.8 Å². The molecule has 0 fully saturated rings. The lowest BCUT2D eigenvalue weighted by molar-refractivity contribution is -0.140. The van der Waals surface area contributed by atoms with Crippen LogP contribution in [0.4, 0.5) is 0 Å². The maximum absolute atomic E-state index is 13.1. The average molecular weight is 331 g/mol. The Hall–Kier alpha value is -1.88. The zero-order valence-electron chi connectivity index (χ0n) is 15.3. The maximum Gasteiger partial charge on any atom is 0.246 e. The molecule has 1 heterocycles. The van der Waals surface area contributed by atoms with Crippen LogP contribution < -0.4 is 10.6 Å². The van der Waals surface area contributed by atoms with E-state index in [1.54, 1.807) is 14.0 Å². The fourth-order valence-corrected chi connectivity index (χ4v) is 2.91. The quantitative estimate of drug-likeness (QED) is 0.883. The van der Waals surface area contributed by atoms with E-state index in [-0.39, 0.29) is 23.3 Å². The summed E-state index contributed by atoms with van der Waals surface area (Å²) in [4.78, 5) is 27.2. The molecule has 0 spiro atoms. The molecule has 0 radical (unpaired) electrons. The third kappa shape index (κ3) is 4.15. The number of carbonyl (C=O) groups is 2. The van der Waals surface area contributed by atoms with Gasteiger partial charge in [0.1, 0.15) is 6.04 Å². The molecule has 0 aliphatic carbocycles. The molecule has 2 atom stereocenters. The third-order valence-corrected chi connectivity index (χ3v) is 4.67. The second-order valence-electron chi connectivity index (χ2n) is 7.60. The Morgan fingerprint density at radius 1 is 1.17 bits per heavy atom. The Labute approximate surface area is 144 Å². The summed E-state index contributed by atoms with van der Waals surface area (Å²) in [6, 6.07) is 7.37. The molecule has 2 rings (SSSR count). The van der Waals surface area contributed by atoms with Crippen LogP contribution in [0.25, 0.3) is 0 Å². The Morgan fingerprint density at radius 3 is 2.38 bits per heavy atom. The molecule has 1 aromatic rings. The molecule has 132 valence electrons. The number of benzene rings is 1. The third-order valence-electron chi connectivity index (χ3n) is 4.67. The van der Waals surface area contributed by atoms with Crippen molar-refractivity contribution in [1.82, 2.24) is 15.5 Å². The van der Waals surface area contributed by atoms with Crippen LogP contribution in [0.5, 0.6) is 0 Å². The van der Waals surface area contributed by atoms with E-state index in [1.807, 2.05) is 37.8 Å². The molecule has 2 amide bonds. The van der Waals surface area contributed by atoms with E-state index in [0.717, 1.165) is 6.42 Å². The minimum atomic E-state index is -0.536. The summed E-state index contributed by atoms with van der Waals surface area (Å²) >= 11 is 0. The van der Waals surface area contributed by atoms with Crippen LogP contribution in [0.2, 0.25) is 0 Å². The van der Waals surface area contributed by atoms with Crippen molar-refractivity contribution in [2.45, 2.75) is 52.7 Å². The first-order chi connectivity index (χ1) is 11.2. The fourth-order valence-electron chi connectivity index (χ4n) is 2.91. The molecule has 24 heavy (non-hydrogen) atoms. The van der Waals surface area contributed by atoms with E-state index in [0.29, 0.717) is 13.1 Å². The van der Waals surface area contributed by atoms with Gasteiger partial charge in [-0.15, -0.1) is 0 Å². The van der Waals surface area contributed by atoms with Crippen molar-refractivity contribution in [3.05, 3.63) is 35.4 Å². The molecule has 0 saturated carbocycles. The van der Waals surface area contributed by atoms with Gasteiger partial charge in [0, 0.05) is 13.1 Å². The van der Waals surface area contributed by atoms with Gasteiger partial charge in [0.25, 0.3) is 0 Å². The van der Waals surface area contributed by atoms with E-state index < -0.39 is 6.04 Å². The summed E-state index contributed by atoms with van der Waals surface area (Å²) < 4.78 is 0. The largest absolute Gasteiger partial charge is 0.342 e. The minimum absolute atomic E-state index is 0.00587. The van der Waals surface area contributed by atoms with Gasteiger partial charge in [0.05, 0.1) is 6.04 Å². The maximum atomic E-state index is 13.1. The highest BCUT2D eigenvalue weighted by atomic mass is 16.2. The Kier molecular flexibility index (Phi) is 5.65. The highest BCUT2D eigenvalue weighted by Gasteiger charge is 2.37. The number of fused-ring (bicyclic) bond motifs is 1. The van der Waals surface area contributed by atoms with Crippen LogP contribution in [0.3, 0.4) is 0 Å². The van der Waals surface area contributed by atoms with Gasteiger partial charge < -0.3 is 15.5 Å². The highest BCUT2D eigenvalue weighted by Crippen LogP contribution is 2.25. The van der Waals surface area contributed by atoms with E-state index in [2.05, 4.69) is 22.8 Å². The second kappa shape index (κ2) is 7.34. The first kappa shape index (κ1) is 18.5. The Balaban J connectivity index is 2.15. The summed E-state index contributed by atoms with van der Waals surface area (Å²) in [6.45, 7) is 9.04. The average Bonchev–Trinajstić information content (AvgIpc) is 2.56. The number of likely N-dealkylation sites (N-methyl/N-ethyl adjacent to an activating group) is 1. The summed E-state index contributed by atoms with van der Waals surface area (Å²) in [5.41, 5.74) is 2.15. The second-order valence-corrected chi connectivity index (χ2v) is 7.60. The molecule has 0 saturated heterocycles. The predicted molar refractivity (Wildman–Crippen MR) is 95.5 cm³/mol.